The zero-order valence-electron chi connectivity index (χ0n) is 10.1. The van der Waals surface area contributed by atoms with Crippen LogP contribution in [-0.2, 0) is 0 Å². The standard InChI is InChI=1S/C11H12F4N2O2/c1-2-6-16(7-11(13,14)15)9-5-3-4-8(12)10(9)17(18)19/h3-5H,2,6-7H2,1H3. The van der Waals surface area contributed by atoms with E-state index in [1.54, 1.807) is 6.92 Å². The number of hydrogen-bond acceptors (Lipinski definition) is 3. The van der Waals surface area contributed by atoms with Crippen molar-refractivity contribution in [2.75, 3.05) is 18.0 Å². The van der Waals surface area contributed by atoms with Crippen LogP contribution in [0, 0.1) is 15.9 Å². The Kier molecular flexibility index (Phi) is 4.68. The summed E-state index contributed by atoms with van der Waals surface area (Å²) in [5, 5.41) is 10.8. The molecule has 0 saturated carbocycles. The van der Waals surface area contributed by atoms with E-state index in [1.165, 1.54) is 0 Å². The number of nitro groups is 1. The fraction of sp³-hybridized carbons (Fsp3) is 0.455. The van der Waals surface area contributed by atoms with Gasteiger partial charge in [-0.25, -0.2) is 0 Å². The van der Waals surface area contributed by atoms with Crippen molar-refractivity contribution in [1.29, 1.82) is 0 Å². The number of nitro benzene ring substituents is 1. The van der Waals surface area contributed by atoms with Crippen LogP contribution in [0.15, 0.2) is 18.2 Å². The van der Waals surface area contributed by atoms with Gasteiger partial charge in [-0.2, -0.15) is 17.6 Å². The topological polar surface area (TPSA) is 46.4 Å². The number of rotatable bonds is 5. The molecule has 0 aromatic heterocycles. The van der Waals surface area contributed by atoms with Crippen molar-refractivity contribution in [2.45, 2.75) is 19.5 Å². The van der Waals surface area contributed by atoms with Crippen LogP contribution >= 0.6 is 0 Å². The van der Waals surface area contributed by atoms with Gasteiger partial charge in [0.15, 0.2) is 0 Å². The molecule has 0 aliphatic heterocycles. The van der Waals surface area contributed by atoms with Gasteiger partial charge in [0, 0.05) is 6.54 Å². The molecule has 0 atom stereocenters. The first-order chi connectivity index (χ1) is 8.76. The number of para-hydroxylation sites is 1. The summed E-state index contributed by atoms with van der Waals surface area (Å²) < 4.78 is 50.7. The monoisotopic (exact) mass is 280 g/mol. The molecular weight excluding hydrogens is 268 g/mol. The lowest BCUT2D eigenvalue weighted by Crippen LogP contribution is -2.35. The fourth-order valence-electron chi connectivity index (χ4n) is 1.71. The average molecular weight is 280 g/mol. The van der Waals surface area contributed by atoms with Gasteiger partial charge in [-0.1, -0.05) is 13.0 Å². The zero-order chi connectivity index (χ0) is 14.6. The maximum atomic E-state index is 13.4. The lowest BCUT2D eigenvalue weighted by Gasteiger charge is -2.25. The van der Waals surface area contributed by atoms with Crippen LogP contribution in [0.3, 0.4) is 0 Å². The Labute approximate surface area is 106 Å². The van der Waals surface area contributed by atoms with Crippen LogP contribution in [0.4, 0.5) is 28.9 Å². The second-order valence-corrected chi connectivity index (χ2v) is 3.90. The molecule has 0 spiro atoms. The first kappa shape index (κ1) is 15.2. The highest BCUT2D eigenvalue weighted by atomic mass is 19.4. The van der Waals surface area contributed by atoms with Crippen molar-refractivity contribution in [1.82, 2.24) is 0 Å². The number of nitrogens with zero attached hydrogens (tertiary/aromatic N) is 2. The minimum atomic E-state index is -4.52. The van der Waals surface area contributed by atoms with E-state index in [-0.39, 0.29) is 12.2 Å². The summed E-state index contributed by atoms with van der Waals surface area (Å²) in [6.07, 6.45) is -4.17. The molecule has 1 aromatic carbocycles. The Morgan fingerprint density at radius 1 is 1.37 bits per heavy atom. The third-order valence-electron chi connectivity index (χ3n) is 2.35. The summed E-state index contributed by atoms with van der Waals surface area (Å²) in [6.45, 7) is 0.226. The first-order valence-electron chi connectivity index (χ1n) is 5.51. The third-order valence-corrected chi connectivity index (χ3v) is 2.35. The van der Waals surface area contributed by atoms with Gasteiger partial charge in [-0.15, -0.1) is 0 Å². The number of alkyl halides is 3. The van der Waals surface area contributed by atoms with E-state index >= 15 is 0 Å². The molecule has 4 nitrogen and oxygen atoms in total. The number of benzene rings is 1. The SMILES string of the molecule is CCCN(CC(F)(F)F)c1cccc(F)c1[N+](=O)[O-]. The average Bonchev–Trinajstić information content (AvgIpc) is 2.25. The van der Waals surface area contributed by atoms with E-state index in [0.29, 0.717) is 6.42 Å². The Morgan fingerprint density at radius 2 is 2.00 bits per heavy atom. The molecule has 0 N–H and O–H groups in total. The molecular formula is C11H12F4N2O2. The van der Waals surface area contributed by atoms with Gasteiger partial charge in [0.05, 0.1) is 4.92 Å². The smallest absolute Gasteiger partial charge is 0.357 e. The molecule has 0 aliphatic rings. The summed E-state index contributed by atoms with van der Waals surface area (Å²) in [7, 11) is 0. The van der Waals surface area contributed by atoms with Crippen molar-refractivity contribution in [3.8, 4) is 0 Å². The highest BCUT2D eigenvalue weighted by molar-refractivity contribution is 5.63. The third kappa shape index (κ3) is 4.08. The number of hydrogen-bond donors (Lipinski definition) is 0. The summed E-state index contributed by atoms with van der Waals surface area (Å²) >= 11 is 0. The molecule has 0 aliphatic carbocycles. The first-order valence-corrected chi connectivity index (χ1v) is 5.51. The highest BCUT2D eigenvalue weighted by Crippen LogP contribution is 2.32. The van der Waals surface area contributed by atoms with Crippen molar-refractivity contribution in [3.63, 3.8) is 0 Å². The van der Waals surface area contributed by atoms with E-state index in [9.17, 15) is 27.7 Å². The van der Waals surface area contributed by atoms with Crippen LogP contribution in [0.25, 0.3) is 0 Å². The molecule has 0 fully saturated rings. The van der Waals surface area contributed by atoms with E-state index in [2.05, 4.69) is 0 Å². The molecule has 0 heterocycles. The lowest BCUT2D eigenvalue weighted by molar-refractivity contribution is -0.386. The Balaban J connectivity index is 3.22. The van der Waals surface area contributed by atoms with Crippen LogP contribution in [-0.4, -0.2) is 24.2 Å². The molecule has 8 heteroatoms. The summed E-state index contributed by atoms with van der Waals surface area (Å²) in [5.74, 6) is -1.15. The molecule has 19 heavy (non-hydrogen) atoms. The van der Waals surface area contributed by atoms with Crippen LogP contribution in [0.2, 0.25) is 0 Å². The van der Waals surface area contributed by atoms with Gasteiger partial charge in [0.1, 0.15) is 12.2 Å². The molecule has 0 amide bonds. The van der Waals surface area contributed by atoms with Gasteiger partial charge >= 0.3 is 11.9 Å². The fourth-order valence-corrected chi connectivity index (χ4v) is 1.71. The quantitative estimate of drug-likeness (QED) is 0.471. The molecule has 0 unspecified atom stereocenters. The van der Waals surface area contributed by atoms with E-state index in [4.69, 9.17) is 0 Å². The summed E-state index contributed by atoms with van der Waals surface area (Å²) in [6, 6.07) is 3.11. The predicted octanol–water partition coefficient (Wildman–Crippen LogP) is 3.51. The van der Waals surface area contributed by atoms with Gasteiger partial charge in [-0.3, -0.25) is 10.1 Å². The number of anilines is 1. The van der Waals surface area contributed by atoms with E-state index < -0.39 is 29.1 Å². The molecule has 0 saturated heterocycles. The summed E-state index contributed by atoms with van der Waals surface area (Å²) in [5.41, 5.74) is -1.29. The minimum absolute atomic E-state index is 0.0518. The van der Waals surface area contributed by atoms with Crippen LogP contribution < -0.4 is 4.90 Å². The van der Waals surface area contributed by atoms with Crippen molar-refractivity contribution < 1.29 is 22.5 Å². The maximum absolute atomic E-state index is 13.4. The molecule has 106 valence electrons. The largest absolute Gasteiger partial charge is 0.405 e. The lowest BCUT2D eigenvalue weighted by atomic mass is 10.2. The normalized spacial score (nSPS) is 11.4. The Bertz CT molecular complexity index is 462. The van der Waals surface area contributed by atoms with Gasteiger partial charge in [0.25, 0.3) is 0 Å². The maximum Gasteiger partial charge on any atom is 0.405 e. The van der Waals surface area contributed by atoms with Crippen molar-refractivity contribution >= 4 is 11.4 Å². The van der Waals surface area contributed by atoms with Crippen molar-refractivity contribution in [3.05, 3.63) is 34.1 Å². The van der Waals surface area contributed by atoms with Gasteiger partial charge in [0.2, 0.25) is 5.82 Å². The van der Waals surface area contributed by atoms with Gasteiger partial charge < -0.3 is 4.90 Å². The second kappa shape index (κ2) is 5.85. The zero-order valence-corrected chi connectivity index (χ0v) is 10.1. The second-order valence-electron chi connectivity index (χ2n) is 3.90. The minimum Gasteiger partial charge on any atom is -0.357 e. The van der Waals surface area contributed by atoms with Gasteiger partial charge in [-0.05, 0) is 18.6 Å². The Morgan fingerprint density at radius 3 is 2.47 bits per heavy atom. The highest BCUT2D eigenvalue weighted by Gasteiger charge is 2.33. The summed E-state index contributed by atoms with van der Waals surface area (Å²) in [4.78, 5) is 10.5. The van der Waals surface area contributed by atoms with E-state index in [0.717, 1.165) is 23.1 Å². The molecule has 0 radical (unpaired) electrons. The van der Waals surface area contributed by atoms with E-state index in [1.807, 2.05) is 0 Å². The van der Waals surface area contributed by atoms with Crippen molar-refractivity contribution in [2.24, 2.45) is 0 Å². The molecule has 1 rings (SSSR count). The molecule has 1 aromatic rings. The predicted molar refractivity (Wildman–Crippen MR) is 61.6 cm³/mol. The van der Waals surface area contributed by atoms with Crippen LogP contribution in [0.5, 0.6) is 0 Å². The molecule has 0 bridgehead atoms. The van der Waals surface area contributed by atoms with Crippen LogP contribution in [0.1, 0.15) is 13.3 Å². The number of halogens is 4. The Hall–Kier alpha value is -1.86.